The molecule has 0 aromatic heterocycles. The molecule has 0 spiro atoms. The second kappa shape index (κ2) is 9.68. The molecule has 2 aliphatic heterocycles. The highest BCUT2D eigenvalue weighted by Crippen LogP contribution is 2.70. The van der Waals surface area contributed by atoms with E-state index in [2.05, 4.69) is 6.92 Å². The van der Waals surface area contributed by atoms with Crippen LogP contribution in [-0.2, 0) is 19.0 Å². The van der Waals surface area contributed by atoms with Crippen LogP contribution in [0.5, 0.6) is 0 Å². The third kappa shape index (κ3) is 3.79. The number of esters is 1. The van der Waals surface area contributed by atoms with Crippen molar-refractivity contribution in [3.8, 4) is 0 Å². The SMILES string of the molecule is CC1OC(OC2CC(O)[C@]3(CO)[C@H]4CCC5(C)C(C6=CC(=O)OC6)CCC5(O)[C@@H]4CC[C@]3(O)C2)C(O)C(O)C1O. The number of ether oxygens (including phenoxy) is 3. The highest BCUT2D eigenvalue weighted by molar-refractivity contribution is 5.85. The van der Waals surface area contributed by atoms with Crippen molar-refractivity contribution >= 4 is 5.97 Å². The van der Waals surface area contributed by atoms with E-state index in [1.54, 1.807) is 13.0 Å². The molecule has 7 N–H and O–H groups in total. The zero-order valence-electron chi connectivity index (χ0n) is 23.2. The number of hydrogen-bond donors (Lipinski definition) is 7. The van der Waals surface area contributed by atoms with Gasteiger partial charge in [0.2, 0.25) is 0 Å². The van der Waals surface area contributed by atoms with Crippen molar-refractivity contribution in [2.75, 3.05) is 13.2 Å². The zero-order valence-corrected chi connectivity index (χ0v) is 23.2. The van der Waals surface area contributed by atoms with E-state index in [0.717, 1.165) is 12.0 Å². The van der Waals surface area contributed by atoms with Crippen molar-refractivity contribution in [1.29, 1.82) is 0 Å². The fraction of sp³-hybridized carbons (Fsp3) is 0.897. The molecular weight excluding hydrogens is 524 g/mol. The summed E-state index contributed by atoms with van der Waals surface area (Å²) in [5.74, 6) is -0.940. The molecule has 14 atom stereocenters. The Kier molecular flexibility index (Phi) is 7.01. The molecule has 10 unspecified atom stereocenters. The van der Waals surface area contributed by atoms with Crippen LogP contribution >= 0.6 is 0 Å². The molecule has 4 saturated carbocycles. The molecule has 1 saturated heterocycles. The Hall–Kier alpha value is -1.15. The molecule has 2 heterocycles. The summed E-state index contributed by atoms with van der Waals surface area (Å²) in [6.07, 6.45) is -3.26. The number of carbonyl (C=O) groups is 1. The van der Waals surface area contributed by atoms with Crippen LogP contribution in [0.15, 0.2) is 11.6 Å². The molecule has 11 heteroatoms. The first-order chi connectivity index (χ1) is 18.8. The maximum Gasteiger partial charge on any atom is 0.331 e. The summed E-state index contributed by atoms with van der Waals surface area (Å²) in [6.45, 7) is 3.44. The molecule has 40 heavy (non-hydrogen) atoms. The number of aliphatic hydroxyl groups is 7. The molecule has 0 aromatic carbocycles. The van der Waals surface area contributed by atoms with Crippen molar-refractivity contribution < 1.29 is 54.8 Å². The average molecular weight is 569 g/mol. The Morgan fingerprint density at radius 3 is 2.40 bits per heavy atom. The van der Waals surface area contributed by atoms with Gasteiger partial charge in [-0.25, -0.2) is 4.79 Å². The lowest BCUT2D eigenvalue weighted by Gasteiger charge is -2.67. The molecular formula is C29H44O11. The van der Waals surface area contributed by atoms with Gasteiger partial charge in [0.05, 0.1) is 41.5 Å². The van der Waals surface area contributed by atoms with E-state index in [-0.39, 0.29) is 49.6 Å². The molecule has 6 rings (SSSR count). The Morgan fingerprint density at radius 1 is 1.00 bits per heavy atom. The summed E-state index contributed by atoms with van der Waals surface area (Å²) >= 11 is 0. The normalized spacial score (nSPS) is 56.1. The van der Waals surface area contributed by atoms with E-state index in [0.29, 0.717) is 25.7 Å². The largest absolute Gasteiger partial charge is 0.458 e. The van der Waals surface area contributed by atoms with E-state index in [1.165, 1.54) is 0 Å². The Bertz CT molecular complexity index is 1050. The summed E-state index contributed by atoms with van der Waals surface area (Å²) in [5.41, 5.74) is -3.43. The average Bonchev–Trinajstić information content (AvgIpc) is 3.45. The van der Waals surface area contributed by atoms with Gasteiger partial charge in [0.25, 0.3) is 0 Å². The second-order valence-electron chi connectivity index (χ2n) is 13.7. The van der Waals surface area contributed by atoms with Crippen LogP contribution in [0.25, 0.3) is 0 Å². The fourth-order valence-corrected chi connectivity index (χ4v) is 10.0. The van der Waals surface area contributed by atoms with Gasteiger partial charge in [-0.3, -0.25) is 0 Å². The van der Waals surface area contributed by atoms with Gasteiger partial charge in [-0.05, 0) is 68.8 Å². The molecule has 6 aliphatic rings. The fourth-order valence-electron chi connectivity index (χ4n) is 10.0. The van der Waals surface area contributed by atoms with Crippen molar-refractivity contribution in [2.45, 2.75) is 119 Å². The minimum absolute atomic E-state index is 0.00280. The molecule has 226 valence electrons. The number of fused-ring (bicyclic) bond motifs is 5. The molecule has 4 aliphatic carbocycles. The lowest BCUT2D eigenvalue weighted by atomic mass is 9.41. The third-order valence-electron chi connectivity index (χ3n) is 12.2. The predicted molar refractivity (Wildman–Crippen MR) is 137 cm³/mol. The van der Waals surface area contributed by atoms with Gasteiger partial charge in [-0.15, -0.1) is 0 Å². The van der Waals surface area contributed by atoms with Gasteiger partial charge < -0.3 is 50.0 Å². The maximum atomic E-state index is 12.4. The molecule has 0 bridgehead atoms. The van der Waals surface area contributed by atoms with Crippen molar-refractivity contribution in [3.63, 3.8) is 0 Å². The summed E-state index contributed by atoms with van der Waals surface area (Å²) in [6, 6.07) is 0. The summed E-state index contributed by atoms with van der Waals surface area (Å²) < 4.78 is 16.8. The zero-order chi connectivity index (χ0) is 28.8. The van der Waals surface area contributed by atoms with Gasteiger partial charge in [-0.2, -0.15) is 0 Å². The molecule has 0 aromatic rings. The summed E-state index contributed by atoms with van der Waals surface area (Å²) in [4.78, 5) is 11.8. The van der Waals surface area contributed by atoms with Gasteiger partial charge in [-0.1, -0.05) is 6.92 Å². The highest BCUT2D eigenvalue weighted by atomic mass is 16.7. The third-order valence-corrected chi connectivity index (χ3v) is 12.2. The van der Waals surface area contributed by atoms with Crippen LogP contribution in [0.3, 0.4) is 0 Å². The highest BCUT2D eigenvalue weighted by Gasteiger charge is 2.73. The van der Waals surface area contributed by atoms with Gasteiger partial charge in [0.1, 0.15) is 24.9 Å². The monoisotopic (exact) mass is 568 g/mol. The number of cyclic esters (lactones) is 1. The van der Waals surface area contributed by atoms with E-state index < -0.39 is 71.6 Å². The number of hydrogen-bond acceptors (Lipinski definition) is 11. The molecule has 0 radical (unpaired) electrons. The van der Waals surface area contributed by atoms with Crippen LogP contribution in [0.2, 0.25) is 0 Å². The molecule has 5 fully saturated rings. The standard InChI is InChI=1S/C29H44O11/c1-14-22(33)23(34)24(35)25(39-14)40-16-10-20(31)28(13-30)18-3-6-26(2)17(15-9-21(32)38-12-15)5-8-29(26,37)19(18)4-7-27(28,36)11-16/h9,14,16-20,22-25,30-31,33-37H,3-8,10-13H2,1-2H3/t14?,16?,17?,18-,19+,20?,22?,23?,24?,25?,26?,27-,28-,29?/m0/s1. The second-order valence-corrected chi connectivity index (χ2v) is 13.7. The smallest absolute Gasteiger partial charge is 0.331 e. The first kappa shape index (κ1) is 28.9. The summed E-state index contributed by atoms with van der Waals surface area (Å²) in [5, 5.41) is 77.8. The Balaban J connectivity index is 1.25. The van der Waals surface area contributed by atoms with Gasteiger partial charge in [0.15, 0.2) is 6.29 Å². The minimum atomic E-state index is -1.51. The van der Waals surface area contributed by atoms with Gasteiger partial charge >= 0.3 is 5.97 Å². The lowest BCUT2D eigenvalue weighted by Crippen LogP contribution is -2.73. The Labute approximate surface area is 233 Å². The molecule has 11 nitrogen and oxygen atoms in total. The van der Waals surface area contributed by atoms with E-state index in [4.69, 9.17) is 14.2 Å². The number of rotatable bonds is 4. The van der Waals surface area contributed by atoms with Crippen LogP contribution < -0.4 is 0 Å². The van der Waals surface area contributed by atoms with Gasteiger partial charge in [0, 0.05) is 24.3 Å². The topological polar surface area (TPSA) is 186 Å². The van der Waals surface area contributed by atoms with Crippen molar-refractivity contribution in [3.05, 3.63) is 11.6 Å². The van der Waals surface area contributed by atoms with E-state index in [1.807, 2.05) is 0 Å². The van der Waals surface area contributed by atoms with Crippen molar-refractivity contribution in [1.82, 2.24) is 0 Å². The van der Waals surface area contributed by atoms with Crippen molar-refractivity contribution in [2.24, 2.45) is 28.6 Å². The van der Waals surface area contributed by atoms with Crippen LogP contribution in [-0.4, -0.2) is 109 Å². The molecule has 0 amide bonds. The number of carbonyl (C=O) groups excluding carboxylic acids is 1. The lowest BCUT2D eigenvalue weighted by molar-refractivity contribution is -0.334. The predicted octanol–water partition coefficient (Wildman–Crippen LogP) is -0.486. The van der Waals surface area contributed by atoms with E-state index >= 15 is 0 Å². The minimum Gasteiger partial charge on any atom is -0.458 e. The van der Waals surface area contributed by atoms with E-state index in [9.17, 15) is 40.5 Å². The number of aliphatic hydroxyl groups excluding tert-OH is 5. The first-order valence-electron chi connectivity index (χ1n) is 14.8. The summed E-state index contributed by atoms with van der Waals surface area (Å²) in [7, 11) is 0. The van der Waals surface area contributed by atoms with Crippen LogP contribution in [0, 0.1) is 28.6 Å². The van der Waals surface area contributed by atoms with Crippen LogP contribution in [0.4, 0.5) is 0 Å². The van der Waals surface area contributed by atoms with Crippen LogP contribution in [0.1, 0.15) is 65.2 Å². The quantitative estimate of drug-likeness (QED) is 0.171. The first-order valence-corrected chi connectivity index (χ1v) is 14.8. The Morgan fingerprint density at radius 2 is 1.73 bits per heavy atom. The maximum absolute atomic E-state index is 12.4.